The first-order valence-electron chi connectivity index (χ1n) is 10.7. The number of fused-ring (bicyclic) bond motifs is 1. The van der Waals surface area contributed by atoms with Crippen LogP contribution in [0.5, 0.6) is 5.75 Å². The molecule has 1 aliphatic heterocycles. The smallest absolute Gasteiger partial charge is 0.414 e. The van der Waals surface area contributed by atoms with Crippen molar-refractivity contribution < 1.29 is 33.3 Å². The summed E-state index contributed by atoms with van der Waals surface area (Å²) in [5.74, 6) is 0.00287. The fourth-order valence-corrected chi connectivity index (χ4v) is 4.09. The number of hydrogen-bond donors (Lipinski definition) is 1. The van der Waals surface area contributed by atoms with E-state index in [0.29, 0.717) is 23.6 Å². The number of carbonyl (C=O) groups is 3. The van der Waals surface area contributed by atoms with E-state index in [1.54, 1.807) is 19.4 Å². The minimum Gasteiger partial charge on any atom is -0.497 e. The number of hydrogen-bond acceptors (Lipinski definition) is 8. The van der Waals surface area contributed by atoms with Crippen molar-refractivity contribution in [1.82, 2.24) is 15.2 Å². The zero-order valence-corrected chi connectivity index (χ0v) is 20.2. The van der Waals surface area contributed by atoms with Crippen LogP contribution in [0.15, 0.2) is 49.6 Å². The molecule has 11 heteroatoms. The number of allylic oxidation sites excluding steroid dienone is 1. The van der Waals surface area contributed by atoms with Crippen LogP contribution in [0.1, 0.15) is 18.4 Å². The molecule has 10 nitrogen and oxygen atoms in total. The third-order valence-corrected chi connectivity index (χ3v) is 5.92. The monoisotopic (exact) mass is 503 g/mol. The van der Waals surface area contributed by atoms with Crippen LogP contribution in [0, 0.1) is 0 Å². The van der Waals surface area contributed by atoms with Crippen molar-refractivity contribution in [2.24, 2.45) is 0 Å². The maximum absolute atomic E-state index is 12.4. The van der Waals surface area contributed by atoms with E-state index in [2.05, 4.69) is 16.9 Å². The van der Waals surface area contributed by atoms with Gasteiger partial charge in [-0.25, -0.2) is 14.4 Å². The molecule has 0 spiro atoms. The summed E-state index contributed by atoms with van der Waals surface area (Å²) in [5.41, 5.74) is 0.245. The van der Waals surface area contributed by atoms with Crippen molar-refractivity contribution in [3.05, 3.63) is 60.2 Å². The van der Waals surface area contributed by atoms with Gasteiger partial charge in [0.15, 0.2) is 5.54 Å². The SMILES string of the molecule is C=COC(=O)N1CCC(NC(=O)OC=CCCc2c(Cl)cnc3ccc(OC)cc23)(C(=O)OC)C1. The van der Waals surface area contributed by atoms with E-state index in [9.17, 15) is 14.4 Å². The molecule has 1 N–H and O–H groups in total. The third-order valence-electron chi connectivity index (χ3n) is 5.60. The second-order valence-electron chi connectivity index (χ2n) is 7.70. The molecule has 1 aromatic carbocycles. The first kappa shape index (κ1) is 25.8. The molecule has 2 amide bonds. The van der Waals surface area contributed by atoms with Gasteiger partial charge in [0.2, 0.25) is 0 Å². The first-order chi connectivity index (χ1) is 16.8. The molecule has 2 aromatic rings. The predicted octanol–water partition coefficient (Wildman–Crippen LogP) is 3.97. The molecular formula is C24H26ClN3O7. The van der Waals surface area contributed by atoms with Gasteiger partial charge in [-0.2, -0.15) is 0 Å². The number of carbonyl (C=O) groups excluding carboxylic acids is 3. The summed E-state index contributed by atoms with van der Waals surface area (Å²) in [6.45, 7) is 3.39. The lowest BCUT2D eigenvalue weighted by Crippen LogP contribution is -2.57. The maximum atomic E-state index is 12.4. The highest BCUT2D eigenvalue weighted by Crippen LogP contribution is 2.29. The number of methoxy groups -OCH3 is 2. The summed E-state index contributed by atoms with van der Waals surface area (Å²) in [6, 6.07) is 5.56. The van der Waals surface area contributed by atoms with Crippen LogP contribution in [0.4, 0.5) is 9.59 Å². The minimum absolute atomic E-state index is 0.123. The van der Waals surface area contributed by atoms with E-state index < -0.39 is 23.7 Å². The van der Waals surface area contributed by atoms with E-state index in [-0.39, 0.29) is 19.5 Å². The molecule has 0 saturated carbocycles. The van der Waals surface area contributed by atoms with E-state index >= 15 is 0 Å². The van der Waals surface area contributed by atoms with Crippen molar-refractivity contribution >= 4 is 40.7 Å². The van der Waals surface area contributed by atoms with Crippen molar-refractivity contribution in [1.29, 1.82) is 0 Å². The molecule has 3 rings (SSSR count). The number of esters is 1. The highest BCUT2D eigenvalue weighted by molar-refractivity contribution is 6.32. The number of alkyl carbamates (subject to hydrolysis) is 1. The molecule has 1 fully saturated rings. The van der Waals surface area contributed by atoms with Crippen LogP contribution in [-0.2, 0) is 25.4 Å². The third kappa shape index (κ3) is 6.02. The van der Waals surface area contributed by atoms with Gasteiger partial charge in [0.1, 0.15) is 5.75 Å². The molecule has 1 unspecified atom stereocenters. The first-order valence-corrected chi connectivity index (χ1v) is 11.1. The van der Waals surface area contributed by atoms with Gasteiger partial charge in [-0.1, -0.05) is 18.2 Å². The standard InChI is InChI=1S/C24H26ClN3O7/c1-4-34-23(31)28-11-10-24(15-28,21(29)33-3)27-22(30)35-12-6-5-7-17-18-13-16(32-2)8-9-20(18)26-14-19(17)25/h4,6,8-9,12-14H,1,5,7,10-11,15H2,2-3H3,(H,27,30). The molecule has 1 atom stereocenters. The highest BCUT2D eigenvalue weighted by Gasteiger charge is 2.49. The van der Waals surface area contributed by atoms with Gasteiger partial charge in [0.25, 0.3) is 0 Å². The number of halogens is 1. The second kappa shape index (κ2) is 11.6. The molecule has 1 aromatic heterocycles. The van der Waals surface area contributed by atoms with Gasteiger partial charge < -0.3 is 29.2 Å². The van der Waals surface area contributed by atoms with Crippen LogP contribution in [0.2, 0.25) is 5.02 Å². The second-order valence-corrected chi connectivity index (χ2v) is 8.11. The van der Waals surface area contributed by atoms with Gasteiger partial charge in [-0.3, -0.25) is 4.98 Å². The molecule has 186 valence electrons. The molecule has 1 saturated heterocycles. The van der Waals surface area contributed by atoms with Gasteiger partial charge in [0.05, 0.1) is 43.8 Å². The van der Waals surface area contributed by atoms with E-state index in [1.807, 2.05) is 18.2 Å². The van der Waals surface area contributed by atoms with Crippen molar-refractivity contribution in [2.45, 2.75) is 24.8 Å². The quantitative estimate of drug-likeness (QED) is 0.327. The van der Waals surface area contributed by atoms with E-state index in [0.717, 1.165) is 22.7 Å². The van der Waals surface area contributed by atoms with Crippen LogP contribution in [0.3, 0.4) is 0 Å². The summed E-state index contributed by atoms with van der Waals surface area (Å²) in [5, 5.41) is 3.92. The normalized spacial score (nSPS) is 17.3. The van der Waals surface area contributed by atoms with Crippen LogP contribution < -0.4 is 10.1 Å². The minimum atomic E-state index is -1.44. The molecular weight excluding hydrogens is 478 g/mol. The Hall–Kier alpha value is -3.79. The fraction of sp³-hybridized carbons (Fsp3) is 0.333. The number of nitrogens with zero attached hydrogens (tertiary/aromatic N) is 2. The van der Waals surface area contributed by atoms with Gasteiger partial charge in [-0.05, 0) is 42.7 Å². The molecule has 0 aliphatic carbocycles. The average molecular weight is 504 g/mol. The number of rotatable bonds is 8. The van der Waals surface area contributed by atoms with Crippen LogP contribution >= 0.6 is 11.6 Å². The Morgan fingerprint density at radius 3 is 2.80 bits per heavy atom. The Bertz CT molecular complexity index is 1150. The molecule has 35 heavy (non-hydrogen) atoms. The number of ether oxygens (including phenoxy) is 4. The molecule has 2 heterocycles. The average Bonchev–Trinajstić information content (AvgIpc) is 3.29. The predicted molar refractivity (Wildman–Crippen MR) is 128 cm³/mol. The summed E-state index contributed by atoms with van der Waals surface area (Å²) in [4.78, 5) is 42.3. The van der Waals surface area contributed by atoms with E-state index in [1.165, 1.54) is 18.3 Å². The topological polar surface area (TPSA) is 116 Å². The molecule has 0 radical (unpaired) electrons. The van der Waals surface area contributed by atoms with Gasteiger partial charge in [-0.15, -0.1) is 0 Å². The Morgan fingerprint density at radius 1 is 1.29 bits per heavy atom. The Labute approximate surface area is 207 Å². The number of amides is 2. The Balaban J connectivity index is 1.59. The summed E-state index contributed by atoms with van der Waals surface area (Å²) >= 11 is 6.36. The summed E-state index contributed by atoms with van der Waals surface area (Å²) < 4.78 is 20.0. The lowest BCUT2D eigenvalue weighted by molar-refractivity contribution is -0.147. The fourth-order valence-electron chi connectivity index (χ4n) is 3.84. The number of pyridine rings is 1. The number of nitrogens with one attached hydrogen (secondary N) is 1. The van der Waals surface area contributed by atoms with Crippen molar-refractivity contribution in [2.75, 3.05) is 27.3 Å². The number of aromatic nitrogens is 1. The zero-order chi connectivity index (χ0) is 25.4. The largest absolute Gasteiger partial charge is 0.497 e. The summed E-state index contributed by atoms with van der Waals surface area (Å²) in [7, 11) is 2.79. The van der Waals surface area contributed by atoms with Crippen LogP contribution in [-0.4, -0.2) is 60.9 Å². The Kier molecular flexibility index (Phi) is 8.53. The lowest BCUT2D eigenvalue weighted by atomic mass is 9.99. The number of benzene rings is 1. The highest BCUT2D eigenvalue weighted by atomic mass is 35.5. The zero-order valence-electron chi connectivity index (χ0n) is 19.4. The number of aryl methyl sites for hydroxylation is 1. The molecule has 0 bridgehead atoms. The van der Waals surface area contributed by atoms with E-state index in [4.69, 9.17) is 30.5 Å². The lowest BCUT2D eigenvalue weighted by Gasteiger charge is -2.26. The maximum Gasteiger partial charge on any atom is 0.414 e. The summed E-state index contributed by atoms with van der Waals surface area (Å²) in [6.07, 6.45) is 5.18. The van der Waals surface area contributed by atoms with Crippen molar-refractivity contribution in [3.8, 4) is 5.75 Å². The van der Waals surface area contributed by atoms with Gasteiger partial charge in [0, 0.05) is 24.5 Å². The van der Waals surface area contributed by atoms with Gasteiger partial charge >= 0.3 is 18.2 Å². The van der Waals surface area contributed by atoms with Crippen molar-refractivity contribution in [3.63, 3.8) is 0 Å². The van der Waals surface area contributed by atoms with Crippen LogP contribution in [0.25, 0.3) is 10.9 Å². The number of likely N-dealkylation sites (tertiary alicyclic amines) is 1. The Morgan fingerprint density at radius 2 is 2.09 bits per heavy atom. The molecule has 1 aliphatic rings.